The fourth-order valence-electron chi connectivity index (χ4n) is 4.52. The quantitative estimate of drug-likeness (QED) is 0.293. The van der Waals surface area contributed by atoms with Crippen molar-refractivity contribution >= 4 is 34.1 Å². The largest absolute Gasteiger partial charge is 0.367 e. The molecular weight excluding hydrogens is 479 g/mol. The summed E-state index contributed by atoms with van der Waals surface area (Å²) in [5.74, 6) is -1.07. The third kappa shape index (κ3) is 4.75. The van der Waals surface area contributed by atoms with Gasteiger partial charge in [0.15, 0.2) is 17.5 Å². The number of hydrogen-bond donors (Lipinski definition) is 3. The Hall–Kier alpha value is -3.40. The van der Waals surface area contributed by atoms with Crippen molar-refractivity contribution in [1.29, 1.82) is 0 Å². The summed E-state index contributed by atoms with van der Waals surface area (Å²) < 4.78 is 43.0. The summed E-state index contributed by atoms with van der Waals surface area (Å²) in [5.41, 5.74) is 1.56. The maximum absolute atomic E-state index is 15.0. The van der Waals surface area contributed by atoms with Crippen LogP contribution in [0.15, 0.2) is 24.5 Å². The Kier molecular flexibility index (Phi) is 6.22. The molecule has 0 bridgehead atoms. The van der Waals surface area contributed by atoms with Crippen molar-refractivity contribution in [3.8, 4) is 11.4 Å². The van der Waals surface area contributed by atoms with Crippen LogP contribution in [-0.4, -0.2) is 37.0 Å². The number of aromatic nitrogens is 5. The van der Waals surface area contributed by atoms with Crippen LogP contribution in [0.1, 0.15) is 36.9 Å². The van der Waals surface area contributed by atoms with E-state index in [1.807, 2.05) is 6.92 Å². The number of aryl methyl sites for hydroxylation is 2. The average Bonchev–Trinajstić information content (AvgIpc) is 3.24. The van der Waals surface area contributed by atoms with Gasteiger partial charge in [-0.15, -0.1) is 0 Å². The van der Waals surface area contributed by atoms with Crippen LogP contribution in [0.5, 0.6) is 0 Å². The summed E-state index contributed by atoms with van der Waals surface area (Å²) in [4.78, 5) is 19.7. The van der Waals surface area contributed by atoms with Gasteiger partial charge in [-0.1, -0.05) is 0 Å². The second kappa shape index (κ2) is 9.33. The van der Waals surface area contributed by atoms with Crippen molar-refractivity contribution in [2.75, 3.05) is 10.6 Å². The number of nitrogens with one attached hydrogen (secondary N) is 3. The summed E-state index contributed by atoms with van der Waals surface area (Å²) in [7, 11) is 0. The first-order chi connectivity index (χ1) is 16.8. The SMILES string of the molecule is Cc1cnc(Cl)nc1N[C@@H]1CCC[C@H](Nc2nc(-c3c[nH]c4c(F)cc(F)cc34)nc(C)c2F)C1. The van der Waals surface area contributed by atoms with E-state index in [-0.39, 0.29) is 40.2 Å². The molecule has 0 aliphatic heterocycles. The van der Waals surface area contributed by atoms with Crippen LogP contribution >= 0.6 is 11.6 Å². The van der Waals surface area contributed by atoms with Gasteiger partial charge in [0.2, 0.25) is 5.28 Å². The van der Waals surface area contributed by atoms with E-state index in [2.05, 4.69) is 35.6 Å². The van der Waals surface area contributed by atoms with E-state index in [4.69, 9.17) is 11.6 Å². The third-order valence-corrected chi connectivity index (χ3v) is 6.44. The minimum Gasteiger partial charge on any atom is -0.367 e. The van der Waals surface area contributed by atoms with Crippen molar-refractivity contribution in [2.45, 2.75) is 51.6 Å². The van der Waals surface area contributed by atoms with E-state index >= 15 is 0 Å². The highest BCUT2D eigenvalue weighted by Crippen LogP contribution is 2.32. The molecule has 0 amide bonds. The molecule has 7 nitrogen and oxygen atoms in total. The van der Waals surface area contributed by atoms with E-state index in [9.17, 15) is 13.2 Å². The molecule has 3 heterocycles. The van der Waals surface area contributed by atoms with Gasteiger partial charge in [-0.3, -0.25) is 0 Å². The number of anilines is 2. The third-order valence-electron chi connectivity index (χ3n) is 6.26. The lowest BCUT2D eigenvalue weighted by molar-refractivity contribution is 0.424. The van der Waals surface area contributed by atoms with Gasteiger partial charge < -0.3 is 15.6 Å². The Morgan fingerprint density at radius 3 is 2.51 bits per heavy atom. The van der Waals surface area contributed by atoms with E-state index in [0.717, 1.165) is 30.9 Å². The van der Waals surface area contributed by atoms with Gasteiger partial charge in [-0.2, -0.15) is 0 Å². The fourth-order valence-corrected chi connectivity index (χ4v) is 4.65. The predicted octanol–water partition coefficient (Wildman–Crippen LogP) is 5.94. The molecule has 1 saturated carbocycles. The Morgan fingerprint density at radius 2 is 1.74 bits per heavy atom. The zero-order valence-electron chi connectivity index (χ0n) is 19.1. The van der Waals surface area contributed by atoms with Crippen LogP contribution in [0.4, 0.5) is 24.8 Å². The normalized spacial score (nSPS) is 18.1. The van der Waals surface area contributed by atoms with Gasteiger partial charge >= 0.3 is 0 Å². The van der Waals surface area contributed by atoms with Gasteiger partial charge in [0.25, 0.3) is 0 Å². The molecular formula is C24H23ClF3N7. The number of rotatable bonds is 5. The number of nitrogens with zero attached hydrogens (tertiary/aromatic N) is 4. The molecule has 3 aromatic heterocycles. The summed E-state index contributed by atoms with van der Waals surface area (Å²) in [6.07, 6.45) is 6.57. The highest BCUT2D eigenvalue weighted by molar-refractivity contribution is 6.28. The smallest absolute Gasteiger partial charge is 0.224 e. The minimum atomic E-state index is -0.718. The molecule has 0 saturated heterocycles. The van der Waals surface area contributed by atoms with Crippen LogP contribution < -0.4 is 10.6 Å². The second-order valence-corrected chi connectivity index (χ2v) is 9.17. The summed E-state index contributed by atoms with van der Waals surface area (Å²) in [6.45, 7) is 3.44. The molecule has 0 unspecified atom stereocenters. The van der Waals surface area contributed by atoms with Crippen LogP contribution in [-0.2, 0) is 0 Å². The molecule has 1 aliphatic rings. The van der Waals surface area contributed by atoms with Gasteiger partial charge in [-0.25, -0.2) is 33.1 Å². The van der Waals surface area contributed by atoms with Crippen LogP contribution in [0.3, 0.4) is 0 Å². The zero-order chi connectivity index (χ0) is 24.7. The predicted molar refractivity (Wildman–Crippen MR) is 129 cm³/mol. The number of fused-ring (bicyclic) bond motifs is 1. The highest BCUT2D eigenvalue weighted by Gasteiger charge is 2.25. The lowest BCUT2D eigenvalue weighted by Crippen LogP contribution is -2.35. The van der Waals surface area contributed by atoms with Gasteiger partial charge in [0.05, 0.1) is 11.2 Å². The number of H-pyrrole nitrogens is 1. The standard InChI is InChI=1S/C24H23ClF3N7/c1-11-9-30-24(25)35-21(11)32-14-4-3-5-15(8-14)33-23-19(28)12(2)31-22(34-23)17-10-29-20-16(17)6-13(26)7-18(20)27/h6-7,9-10,14-15,29H,3-5,8H2,1-2H3,(H,30,32,35)(H,31,33,34)/t14-,15+/m1/s1. The molecule has 0 radical (unpaired) electrons. The minimum absolute atomic E-state index is 0.0478. The second-order valence-electron chi connectivity index (χ2n) is 8.83. The molecule has 2 atom stereocenters. The highest BCUT2D eigenvalue weighted by atomic mass is 35.5. The summed E-state index contributed by atoms with van der Waals surface area (Å²) >= 11 is 5.94. The molecule has 0 spiro atoms. The molecule has 1 aliphatic carbocycles. The Morgan fingerprint density at radius 1 is 1.00 bits per heavy atom. The first-order valence-corrected chi connectivity index (χ1v) is 11.7. The molecule has 1 fully saturated rings. The van der Waals surface area contributed by atoms with Crippen LogP contribution in [0.2, 0.25) is 5.28 Å². The van der Waals surface area contributed by atoms with Crippen molar-refractivity contribution in [3.63, 3.8) is 0 Å². The van der Waals surface area contributed by atoms with Crippen LogP contribution in [0, 0.1) is 31.3 Å². The summed E-state index contributed by atoms with van der Waals surface area (Å²) in [5, 5.41) is 7.11. The molecule has 5 rings (SSSR count). The monoisotopic (exact) mass is 501 g/mol. The molecule has 11 heteroatoms. The lowest BCUT2D eigenvalue weighted by atomic mass is 9.91. The van der Waals surface area contributed by atoms with Gasteiger partial charge in [0, 0.05) is 47.1 Å². The number of halogens is 4. The molecule has 35 heavy (non-hydrogen) atoms. The number of benzene rings is 1. The lowest BCUT2D eigenvalue weighted by Gasteiger charge is -2.31. The van der Waals surface area contributed by atoms with Crippen molar-refractivity contribution in [1.82, 2.24) is 24.9 Å². The number of hydrogen-bond acceptors (Lipinski definition) is 6. The fraction of sp³-hybridized carbons (Fsp3) is 0.333. The Labute approximate surface area is 204 Å². The molecule has 182 valence electrons. The first-order valence-electron chi connectivity index (χ1n) is 11.3. The van der Waals surface area contributed by atoms with E-state index in [1.54, 1.807) is 6.20 Å². The van der Waals surface area contributed by atoms with Gasteiger partial charge in [-0.05, 0) is 57.2 Å². The van der Waals surface area contributed by atoms with Crippen LogP contribution in [0.25, 0.3) is 22.3 Å². The van der Waals surface area contributed by atoms with Crippen molar-refractivity contribution < 1.29 is 13.2 Å². The number of aromatic amines is 1. The molecule has 3 N–H and O–H groups in total. The average molecular weight is 502 g/mol. The summed E-state index contributed by atoms with van der Waals surface area (Å²) in [6, 6.07) is 2.07. The Bertz CT molecular complexity index is 1410. The zero-order valence-corrected chi connectivity index (χ0v) is 19.8. The topological polar surface area (TPSA) is 91.4 Å². The first kappa shape index (κ1) is 23.3. The molecule has 1 aromatic carbocycles. The van der Waals surface area contributed by atoms with E-state index in [1.165, 1.54) is 19.2 Å². The van der Waals surface area contributed by atoms with Crippen molar-refractivity contribution in [3.05, 3.63) is 58.5 Å². The maximum Gasteiger partial charge on any atom is 0.224 e. The Balaban J connectivity index is 1.39. The van der Waals surface area contributed by atoms with E-state index < -0.39 is 17.5 Å². The van der Waals surface area contributed by atoms with Gasteiger partial charge in [0.1, 0.15) is 17.5 Å². The molecule has 4 aromatic rings. The van der Waals surface area contributed by atoms with Crippen molar-refractivity contribution in [2.24, 2.45) is 0 Å². The maximum atomic E-state index is 15.0. The van der Waals surface area contributed by atoms with E-state index in [0.29, 0.717) is 23.2 Å².